The van der Waals surface area contributed by atoms with E-state index in [0.29, 0.717) is 0 Å². The molecule has 8 heteroatoms. The van der Waals surface area contributed by atoms with Gasteiger partial charge in [-0.25, -0.2) is 4.79 Å². The number of amides is 3. The molecule has 1 saturated heterocycles. The molecule has 1 heterocycles. The largest absolute Gasteiger partial charge is 0.480 e. The van der Waals surface area contributed by atoms with Gasteiger partial charge in [-0.1, -0.05) is 6.07 Å². The molecule has 0 aromatic heterocycles. The van der Waals surface area contributed by atoms with Crippen molar-refractivity contribution in [1.82, 2.24) is 10.2 Å². The minimum Gasteiger partial charge on any atom is -0.480 e. The maximum Gasteiger partial charge on any atom is 0.328 e. The molecule has 1 fully saturated rings. The smallest absolute Gasteiger partial charge is 0.328 e. The zero-order valence-electron chi connectivity index (χ0n) is 10.9. The Bertz CT molecular complexity index is 628. The van der Waals surface area contributed by atoms with Crippen LogP contribution in [0.15, 0.2) is 24.3 Å². The lowest BCUT2D eigenvalue weighted by atomic mass is 10.1. The average molecular weight is 291 g/mol. The van der Waals surface area contributed by atoms with Crippen molar-refractivity contribution in [3.8, 4) is 0 Å². The van der Waals surface area contributed by atoms with Crippen LogP contribution in [0.3, 0.4) is 0 Å². The molecular weight excluding hydrogens is 278 g/mol. The number of carboxylic acid groups (broad SMARTS) is 1. The van der Waals surface area contributed by atoms with Crippen LogP contribution in [0.1, 0.15) is 20.7 Å². The van der Waals surface area contributed by atoms with Crippen molar-refractivity contribution in [3.05, 3.63) is 35.4 Å². The Kier molecular flexibility index (Phi) is 3.88. The lowest BCUT2D eigenvalue weighted by molar-refractivity contribution is -0.144. The first-order valence-corrected chi connectivity index (χ1v) is 6.10. The van der Waals surface area contributed by atoms with Crippen LogP contribution in [-0.2, 0) is 9.59 Å². The summed E-state index contributed by atoms with van der Waals surface area (Å²) in [7, 11) is 0. The van der Waals surface area contributed by atoms with Gasteiger partial charge in [0.05, 0.1) is 0 Å². The second kappa shape index (κ2) is 5.61. The van der Waals surface area contributed by atoms with Gasteiger partial charge in [0.15, 0.2) is 0 Å². The lowest BCUT2D eigenvalue weighted by Gasteiger charge is -2.32. The number of carbonyl (C=O) groups is 4. The van der Waals surface area contributed by atoms with E-state index in [1.165, 1.54) is 24.3 Å². The van der Waals surface area contributed by atoms with Crippen molar-refractivity contribution in [1.29, 1.82) is 0 Å². The first-order chi connectivity index (χ1) is 9.90. The van der Waals surface area contributed by atoms with Gasteiger partial charge in [0.1, 0.15) is 12.6 Å². The van der Waals surface area contributed by atoms with Gasteiger partial charge in [-0.05, 0) is 18.2 Å². The average Bonchev–Trinajstić information content (AvgIpc) is 2.46. The van der Waals surface area contributed by atoms with Crippen LogP contribution in [0.25, 0.3) is 0 Å². The van der Waals surface area contributed by atoms with Crippen LogP contribution in [0.4, 0.5) is 0 Å². The Labute approximate surface area is 119 Å². The summed E-state index contributed by atoms with van der Waals surface area (Å²) in [6, 6.07) is 4.47. The molecule has 1 atom stereocenters. The number of carboxylic acids is 1. The van der Waals surface area contributed by atoms with Crippen molar-refractivity contribution in [2.45, 2.75) is 6.04 Å². The summed E-state index contributed by atoms with van der Waals surface area (Å²) in [4.78, 5) is 47.0. The van der Waals surface area contributed by atoms with Gasteiger partial charge in [-0.2, -0.15) is 0 Å². The second-order valence-corrected chi connectivity index (χ2v) is 4.54. The van der Waals surface area contributed by atoms with Gasteiger partial charge in [0, 0.05) is 17.7 Å². The van der Waals surface area contributed by atoms with E-state index in [-0.39, 0.29) is 24.2 Å². The molecule has 0 spiro atoms. The van der Waals surface area contributed by atoms with Crippen LogP contribution in [0, 0.1) is 0 Å². The van der Waals surface area contributed by atoms with Gasteiger partial charge in [0.2, 0.25) is 11.8 Å². The molecule has 4 N–H and O–H groups in total. The fourth-order valence-corrected chi connectivity index (χ4v) is 2.05. The molecule has 1 aliphatic rings. The van der Waals surface area contributed by atoms with Crippen molar-refractivity contribution in [2.75, 3.05) is 13.1 Å². The summed E-state index contributed by atoms with van der Waals surface area (Å²) in [6.45, 7) is -0.508. The molecule has 3 amide bonds. The minimum absolute atomic E-state index is 0.104. The van der Waals surface area contributed by atoms with E-state index in [9.17, 15) is 19.2 Å². The summed E-state index contributed by atoms with van der Waals surface area (Å²) in [5, 5.41) is 11.5. The van der Waals surface area contributed by atoms with E-state index >= 15 is 0 Å². The van der Waals surface area contributed by atoms with Gasteiger partial charge < -0.3 is 21.1 Å². The summed E-state index contributed by atoms with van der Waals surface area (Å²) in [6.07, 6.45) is 0. The Morgan fingerprint density at radius 2 is 1.95 bits per heavy atom. The number of piperazine rings is 1. The molecule has 0 aliphatic carbocycles. The molecular formula is C13H13N3O5. The normalized spacial score (nSPS) is 18.0. The van der Waals surface area contributed by atoms with Crippen molar-refractivity contribution in [3.63, 3.8) is 0 Å². The highest BCUT2D eigenvalue weighted by atomic mass is 16.4. The second-order valence-electron chi connectivity index (χ2n) is 4.54. The fourth-order valence-electron chi connectivity index (χ4n) is 2.05. The first-order valence-electron chi connectivity index (χ1n) is 6.10. The highest BCUT2D eigenvalue weighted by Crippen LogP contribution is 2.13. The fraction of sp³-hybridized carbons (Fsp3) is 0.231. The molecule has 110 valence electrons. The van der Waals surface area contributed by atoms with Crippen LogP contribution < -0.4 is 11.1 Å². The number of carbonyl (C=O) groups excluding carboxylic acids is 3. The Morgan fingerprint density at radius 1 is 1.29 bits per heavy atom. The minimum atomic E-state index is -1.21. The zero-order chi connectivity index (χ0) is 15.6. The number of primary amides is 1. The highest BCUT2D eigenvalue weighted by Gasteiger charge is 2.35. The Hall–Kier alpha value is -2.90. The van der Waals surface area contributed by atoms with Gasteiger partial charge in [0.25, 0.3) is 5.91 Å². The zero-order valence-corrected chi connectivity index (χ0v) is 10.9. The van der Waals surface area contributed by atoms with Crippen molar-refractivity contribution in [2.24, 2.45) is 5.73 Å². The van der Waals surface area contributed by atoms with E-state index in [2.05, 4.69) is 5.32 Å². The number of rotatable bonds is 3. The van der Waals surface area contributed by atoms with Crippen LogP contribution in [0.5, 0.6) is 0 Å². The molecule has 0 bridgehead atoms. The SMILES string of the molecule is NC(=O)c1cccc(C(=O)N2CC(=O)NCC2C(=O)O)c1. The number of hydrogen-bond donors (Lipinski definition) is 3. The summed E-state index contributed by atoms with van der Waals surface area (Å²) in [5.41, 5.74) is 5.37. The number of nitrogens with zero attached hydrogens (tertiary/aromatic N) is 1. The van der Waals surface area contributed by atoms with E-state index in [0.717, 1.165) is 4.90 Å². The molecule has 1 aliphatic heterocycles. The Balaban J connectivity index is 2.32. The standard InChI is InChI=1S/C13H13N3O5/c14-11(18)7-2-1-3-8(4-7)12(19)16-6-10(17)15-5-9(16)13(20)21/h1-4,9H,5-6H2,(H2,14,18)(H,15,17)(H,20,21). The third kappa shape index (κ3) is 2.99. The van der Waals surface area contributed by atoms with Crippen molar-refractivity contribution >= 4 is 23.7 Å². The van der Waals surface area contributed by atoms with E-state index < -0.39 is 29.7 Å². The molecule has 2 rings (SSSR count). The molecule has 8 nitrogen and oxygen atoms in total. The van der Waals surface area contributed by atoms with Gasteiger partial charge in [-0.15, -0.1) is 0 Å². The quantitative estimate of drug-likeness (QED) is 0.644. The first kappa shape index (κ1) is 14.5. The van der Waals surface area contributed by atoms with Crippen LogP contribution in [0.2, 0.25) is 0 Å². The lowest BCUT2D eigenvalue weighted by Crippen LogP contribution is -2.59. The molecule has 21 heavy (non-hydrogen) atoms. The molecule has 1 aromatic carbocycles. The third-order valence-electron chi connectivity index (χ3n) is 3.12. The molecule has 0 saturated carbocycles. The predicted molar refractivity (Wildman–Crippen MR) is 70.4 cm³/mol. The summed E-state index contributed by atoms with van der Waals surface area (Å²) >= 11 is 0. The Morgan fingerprint density at radius 3 is 2.57 bits per heavy atom. The number of nitrogens with two attached hydrogens (primary N) is 1. The van der Waals surface area contributed by atoms with E-state index in [4.69, 9.17) is 10.8 Å². The number of aliphatic carboxylic acids is 1. The third-order valence-corrected chi connectivity index (χ3v) is 3.12. The van der Waals surface area contributed by atoms with Gasteiger partial charge >= 0.3 is 5.97 Å². The highest BCUT2D eigenvalue weighted by molar-refractivity contribution is 6.02. The summed E-state index contributed by atoms with van der Waals surface area (Å²) < 4.78 is 0. The topological polar surface area (TPSA) is 130 Å². The van der Waals surface area contributed by atoms with E-state index in [1.54, 1.807) is 0 Å². The van der Waals surface area contributed by atoms with Gasteiger partial charge in [-0.3, -0.25) is 14.4 Å². The number of hydrogen-bond acceptors (Lipinski definition) is 4. The maximum absolute atomic E-state index is 12.4. The monoisotopic (exact) mass is 291 g/mol. The van der Waals surface area contributed by atoms with Crippen LogP contribution in [-0.4, -0.2) is 52.8 Å². The van der Waals surface area contributed by atoms with Crippen LogP contribution >= 0.6 is 0 Å². The maximum atomic E-state index is 12.4. The molecule has 1 unspecified atom stereocenters. The molecule has 0 radical (unpaired) electrons. The number of benzene rings is 1. The summed E-state index contributed by atoms with van der Waals surface area (Å²) in [5.74, 6) is -2.99. The number of nitrogens with one attached hydrogen (secondary N) is 1. The molecule has 1 aromatic rings. The predicted octanol–water partition coefficient (Wildman–Crippen LogP) is -1.19. The van der Waals surface area contributed by atoms with Crippen molar-refractivity contribution < 1.29 is 24.3 Å². The van der Waals surface area contributed by atoms with E-state index in [1.807, 2.05) is 0 Å².